The zero-order chi connectivity index (χ0) is 18.5. The number of aromatic nitrogens is 2. The highest BCUT2D eigenvalue weighted by Crippen LogP contribution is 2.30. The van der Waals surface area contributed by atoms with Crippen LogP contribution in [0.1, 0.15) is 57.6 Å². The van der Waals surface area contributed by atoms with Crippen molar-refractivity contribution in [3.63, 3.8) is 0 Å². The molecule has 2 fully saturated rings. The molecule has 1 amide bonds. The van der Waals surface area contributed by atoms with Crippen molar-refractivity contribution < 1.29 is 19.4 Å². The number of amides is 1. The summed E-state index contributed by atoms with van der Waals surface area (Å²) < 4.78 is 11.1. The van der Waals surface area contributed by atoms with Crippen LogP contribution < -0.4 is 10.6 Å². The van der Waals surface area contributed by atoms with Crippen molar-refractivity contribution in [3.8, 4) is 0 Å². The Morgan fingerprint density at radius 3 is 2.73 bits per heavy atom. The van der Waals surface area contributed by atoms with Crippen molar-refractivity contribution in [2.75, 3.05) is 11.9 Å². The number of aliphatic hydroxyl groups excluding tert-OH is 1. The van der Waals surface area contributed by atoms with E-state index in [0.29, 0.717) is 19.0 Å². The van der Waals surface area contributed by atoms with Gasteiger partial charge < -0.3 is 25.2 Å². The monoisotopic (exact) mass is 364 g/mol. The Kier molecular flexibility index (Phi) is 6.26. The maximum Gasteiger partial charge on any atom is 0.407 e. The number of nitrogens with one attached hydrogen (secondary N) is 2. The average molecular weight is 364 g/mol. The summed E-state index contributed by atoms with van der Waals surface area (Å²) in [5.41, 5.74) is 0.857. The minimum absolute atomic E-state index is 0.00887. The molecule has 3 rings (SSSR count). The molecule has 3 N–H and O–H groups in total. The summed E-state index contributed by atoms with van der Waals surface area (Å²) in [5, 5.41) is 15.9. The van der Waals surface area contributed by atoms with Crippen molar-refractivity contribution in [2.24, 2.45) is 0 Å². The zero-order valence-electron chi connectivity index (χ0n) is 15.4. The lowest BCUT2D eigenvalue weighted by molar-refractivity contribution is 0.0690. The van der Waals surface area contributed by atoms with E-state index in [4.69, 9.17) is 9.47 Å². The van der Waals surface area contributed by atoms with Gasteiger partial charge in [0.2, 0.25) is 5.95 Å². The molecule has 1 aromatic rings. The topological polar surface area (TPSA) is 106 Å². The summed E-state index contributed by atoms with van der Waals surface area (Å²) in [4.78, 5) is 20.4. The predicted molar refractivity (Wildman–Crippen MR) is 95.8 cm³/mol. The van der Waals surface area contributed by atoms with Crippen LogP contribution in [0.5, 0.6) is 0 Å². The molecular weight excluding hydrogens is 336 g/mol. The van der Waals surface area contributed by atoms with Crippen molar-refractivity contribution in [3.05, 3.63) is 18.0 Å². The fourth-order valence-corrected chi connectivity index (χ4v) is 3.36. The number of alkyl carbamates (subject to hydrolysis) is 1. The van der Waals surface area contributed by atoms with Crippen molar-refractivity contribution >= 4 is 12.0 Å². The second-order valence-corrected chi connectivity index (χ2v) is 7.33. The average Bonchev–Trinajstić information content (AvgIpc) is 3.05. The molecule has 1 aliphatic carbocycles. The number of anilines is 1. The van der Waals surface area contributed by atoms with E-state index < -0.39 is 6.09 Å². The summed E-state index contributed by atoms with van der Waals surface area (Å²) in [6, 6.07) is 0.0475. The SMILES string of the molecule is CC(C)NC(=O)O[C@H]1CO[C@H](c2cnc(N[C@@H]3CCCC[C@H]3O)nc2)C1. The molecular formula is C18H28N4O4. The van der Waals surface area contributed by atoms with Crippen LogP contribution >= 0.6 is 0 Å². The predicted octanol–water partition coefficient (Wildman–Crippen LogP) is 2.16. The van der Waals surface area contributed by atoms with E-state index in [2.05, 4.69) is 20.6 Å². The second-order valence-electron chi connectivity index (χ2n) is 7.33. The van der Waals surface area contributed by atoms with Gasteiger partial charge in [0.1, 0.15) is 6.10 Å². The summed E-state index contributed by atoms with van der Waals surface area (Å²) in [7, 11) is 0. The molecule has 1 aromatic heterocycles. The number of ether oxygens (including phenoxy) is 2. The van der Waals surface area contributed by atoms with Gasteiger partial charge in [-0.25, -0.2) is 14.8 Å². The number of aliphatic hydroxyl groups is 1. The van der Waals surface area contributed by atoms with Gasteiger partial charge in [-0.15, -0.1) is 0 Å². The highest BCUT2D eigenvalue weighted by Gasteiger charge is 2.30. The van der Waals surface area contributed by atoms with E-state index in [1.807, 2.05) is 13.8 Å². The number of rotatable bonds is 5. The molecule has 8 heteroatoms. The standard InChI is InChI=1S/C18H28N4O4/c1-11(2)21-18(24)26-13-7-16(25-10-13)12-8-19-17(20-9-12)22-14-5-3-4-6-15(14)23/h8-9,11,13-16,23H,3-7,10H2,1-2H3,(H,21,24)(H,19,20,22)/t13-,14-,15-,16+/m1/s1. The van der Waals surface area contributed by atoms with E-state index >= 15 is 0 Å². The molecule has 144 valence electrons. The maximum absolute atomic E-state index is 11.7. The third-order valence-corrected chi connectivity index (χ3v) is 4.73. The van der Waals surface area contributed by atoms with Gasteiger partial charge in [-0.1, -0.05) is 12.8 Å². The lowest BCUT2D eigenvalue weighted by atomic mass is 9.93. The summed E-state index contributed by atoms with van der Waals surface area (Å²) in [5.74, 6) is 0.516. The first kappa shape index (κ1) is 18.8. The van der Waals surface area contributed by atoms with Crippen LogP contribution in [0, 0.1) is 0 Å². The first-order chi connectivity index (χ1) is 12.5. The maximum atomic E-state index is 11.7. The molecule has 0 radical (unpaired) electrons. The van der Waals surface area contributed by atoms with Crippen LogP contribution in [0.15, 0.2) is 12.4 Å². The van der Waals surface area contributed by atoms with Crippen LogP contribution in [-0.2, 0) is 9.47 Å². The van der Waals surface area contributed by atoms with Gasteiger partial charge in [-0.05, 0) is 26.7 Å². The quantitative estimate of drug-likeness (QED) is 0.735. The van der Waals surface area contributed by atoms with E-state index in [1.165, 1.54) is 0 Å². The zero-order valence-corrected chi connectivity index (χ0v) is 15.4. The summed E-state index contributed by atoms with van der Waals surface area (Å²) >= 11 is 0. The fraction of sp³-hybridized carbons (Fsp3) is 0.722. The number of carbonyl (C=O) groups excluding carboxylic acids is 1. The molecule has 2 heterocycles. The van der Waals surface area contributed by atoms with Crippen molar-refractivity contribution in [2.45, 2.75) is 76.3 Å². The van der Waals surface area contributed by atoms with E-state index in [0.717, 1.165) is 31.2 Å². The number of nitrogens with zero attached hydrogens (tertiary/aromatic N) is 2. The Labute approximate surface area is 153 Å². The first-order valence-corrected chi connectivity index (χ1v) is 9.36. The molecule has 1 saturated heterocycles. The largest absolute Gasteiger partial charge is 0.444 e. The lowest BCUT2D eigenvalue weighted by Gasteiger charge is -2.28. The Morgan fingerprint density at radius 1 is 1.31 bits per heavy atom. The van der Waals surface area contributed by atoms with E-state index in [1.54, 1.807) is 12.4 Å². The highest BCUT2D eigenvalue weighted by molar-refractivity contribution is 5.67. The molecule has 4 atom stereocenters. The number of hydrogen-bond acceptors (Lipinski definition) is 7. The molecule has 1 aliphatic heterocycles. The van der Waals surface area contributed by atoms with Crippen LogP contribution in [0.4, 0.5) is 10.7 Å². The first-order valence-electron chi connectivity index (χ1n) is 9.36. The smallest absolute Gasteiger partial charge is 0.407 e. The summed E-state index contributed by atoms with van der Waals surface area (Å²) in [6.45, 7) is 4.13. The second kappa shape index (κ2) is 8.64. The van der Waals surface area contributed by atoms with Crippen LogP contribution in [0.2, 0.25) is 0 Å². The van der Waals surface area contributed by atoms with Gasteiger partial charge in [-0.2, -0.15) is 0 Å². The van der Waals surface area contributed by atoms with Crippen LogP contribution in [-0.4, -0.2) is 52.1 Å². The Hall–Kier alpha value is -1.93. The normalized spacial score (nSPS) is 28.8. The molecule has 8 nitrogen and oxygen atoms in total. The molecule has 2 aliphatic rings. The van der Waals surface area contributed by atoms with E-state index in [-0.39, 0.29) is 30.4 Å². The third-order valence-electron chi connectivity index (χ3n) is 4.73. The minimum Gasteiger partial charge on any atom is -0.444 e. The lowest BCUT2D eigenvalue weighted by Crippen LogP contribution is -2.36. The molecule has 0 aromatic carbocycles. The van der Waals surface area contributed by atoms with Crippen LogP contribution in [0.3, 0.4) is 0 Å². The molecule has 0 unspecified atom stereocenters. The van der Waals surface area contributed by atoms with Crippen LogP contribution in [0.25, 0.3) is 0 Å². The Bertz CT molecular complexity index is 595. The molecule has 0 bridgehead atoms. The van der Waals surface area contributed by atoms with Gasteiger partial charge in [-0.3, -0.25) is 0 Å². The Morgan fingerprint density at radius 2 is 2.04 bits per heavy atom. The van der Waals surface area contributed by atoms with Gasteiger partial charge in [0.25, 0.3) is 0 Å². The highest BCUT2D eigenvalue weighted by atomic mass is 16.6. The number of carbonyl (C=O) groups is 1. The van der Waals surface area contributed by atoms with Gasteiger partial charge in [0.05, 0.1) is 24.9 Å². The van der Waals surface area contributed by atoms with Crippen molar-refractivity contribution in [1.82, 2.24) is 15.3 Å². The van der Waals surface area contributed by atoms with Gasteiger partial charge >= 0.3 is 6.09 Å². The fourth-order valence-electron chi connectivity index (χ4n) is 3.36. The minimum atomic E-state index is -0.420. The van der Waals surface area contributed by atoms with Gasteiger partial charge in [0, 0.05) is 30.4 Å². The van der Waals surface area contributed by atoms with E-state index in [9.17, 15) is 9.90 Å². The molecule has 1 saturated carbocycles. The third kappa shape index (κ3) is 5.04. The molecule has 0 spiro atoms. The van der Waals surface area contributed by atoms with Crippen molar-refractivity contribution in [1.29, 1.82) is 0 Å². The van der Waals surface area contributed by atoms with Gasteiger partial charge in [0.15, 0.2) is 0 Å². The Balaban J connectivity index is 1.50. The molecule has 26 heavy (non-hydrogen) atoms. The number of hydrogen-bond donors (Lipinski definition) is 3. The summed E-state index contributed by atoms with van der Waals surface area (Å²) in [6.07, 6.45) is 6.74.